The summed E-state index contributed by atoms with van der Waals surface area (Å²) >= 11 is 0. The van der Waals surface area contributed by atoms with Gasteiger partial charge in [-0.25, -0.2) is 4.98 Å². The smallest absolute Gasteiger partial charge is 0.383 e. The Hall–Kier alpha value is -2.12. The predicted octanol–water partition coefficient (Wildman–Crippen LogP) is 1.14. The Bertz CT molecular complexity index is 560. The molecule has 8 heteroatoms. The van der Waals surface area contributed by atoms with Gasteiger partial charge >= 0.3 is 6.18 Å². The first-order valence-corrected chi connectivity index (χ1v) is 4.10. The summed E-state index contributed by atoms with van der Waals surface area (Å²) in [6.45, 7) is 0. The van der Waals surface area contributed by atoms with Crippen LogP contribution in [-0.2, 0) is 6.18 Å². The summed E-state index contributed by atoms with van der Waals surface area (Å²) < 4.78 is 37.8. The number of aromatic nitrogens is 3. The molecule has 0 unspecified atom stereocenters. The van der Waals surface area contributed by atoms with Crippen LogP contribution in [0, 0.1) is 0 Å². The zero-order chi connectivity index (χ0) is 11.9. The third-order valence-corrected chi connectivity index (χ3v) is 1.97. The van der Waals surface area contributed by atoms with Gasteiger partial charge in [-0.2, -0.15) is 22.8 Å². The maximum absolute atomic E-state index is 12.3. The average molecular weight is 230 g/mol. The number of alkyl halides is 3. The van der Waals surface area contributed by atoms with E-state index in [0.717, 1.165) is 16.8 Å². The van der Waals surface area contributed by atoms with E-state index in [-0.39, 0.29) is 17.0 Å². The van der Waals surface area contributed by atoms with Crippen molar-refractivity contribution in [1.29, 1.82) is 0 Å². The number of nitrogen functional groups attached to an aromatic ring is 1. The lowest BCUT2D eigenvalue weighted by molar-refractivity contribution is -0.141. The van der Waals surface area contributed by atoms with Gasteiger partial charge in [-0.1, -0.05) is 0 Å². The van der Waals surface area contributed by atoms with Crippen LogP contribution in [0.1, 0.15) is 16.1 Å². The number of carbonyl (C=O) groups excluding carboxylic acids is 1. The molecule has 16 heavy (non-hydrogen) atoms. The number of hydrogen-bond donors (Lipinski definition) is 1. The normalized spacial score (nSPS) is 11.9. The monoisotopic (exact) mass is 230 g/mol. The number of halogens is 3. The third kappa shape index (κ3) is 1.47. The fourth-order valence-electron chi connectivity index (χ4n) is 1.19. The van der Waals surface area contributed by atoms with Crippen molar-refractivity contribution >= 4 is 17.8 Å². The summed E-state index contributed by atoms with van der Waals surface area (Å²) in [6.07, 6.45) is -3.07. The molecular formula is C8H5F3N4O. The Morgan fingerprint density at radius 2 is 2.12 bits per heavy atom. The molecule has 0 aliphatic carbocycles. The summed E-state index contributed by atoms with van der Waals surface area (Å²) in [4.78, 5) is 14.1. The van der Waals surface area contributed by atoms with Gasteiger partial charge in [-0.15, -0.1) is 0 Å². The minimum Gasteiger partial charge on any atom is -0.383 e. The van der Waals surface area contributed by atoms with E-state index in [1.165, 1.54) is 0 Å². The molecule has 0 aliphatic rings. The van der Waals surface area contributed by atoms with Crippen molar-refractivity contribution in [3.8, 4) is 0 Å². The summed E-state index contributed by atoms with van der Waals surface area (Å²) in [5.74, 6) is -0.171. The molecule has 2 N–H and O–H groups in total. The first kappa shape index (κ1) is 10.4. The minimum absolute atomic E-state index is 0.00988. The molecule has 0 spiro atoms. The molecule has 0 bridgehead atoms. The van der Waals surface area contributed by atoms with Crippen LogP contribution in [0.5, 0.6) is 0 Å². The van der Waals surface area contributed by atoms with E-state index in [4.69, 9.17) is 5.73 Å². The van der Waals surface area contributed by atoms with E-state index in [9.17, 15) is 18.0 Å². The predicted molar refractivity (Wildman–Crippen MR) is 47.8 cm³/mol. The van der Waals surface area contributed by atoms with Gasteiger partial charge in [0.05, 0.1) is 5.56 Å². The van der Waals surface area contributed by atoms with Gasteiger partial charge in [0.25, 0.3) is 0 Å². The van der Waals surface area contributed by atoms with Gasteiger partial charge in [0.1, 0.15) is 5.82 Å². The fraction of sp³-hybridized carbons (Fsp3) is 0.125. The summed E-state index contributed by atoms with van der Waals surface area (Å²) in [5.41, 5.74) is 4.28. The summed E-state index contributed by atoms with van der Waals surface area (Å²) in [6, 6.07) is 0.755. The van der Waals surface area contributed by atoms with Crippen molar-refractivity contribution < 1.29 is 18.0 Å². The van der Waals surface area contributed by atoms with Crippen LogP contribution in [0.25, 0.3) is 5.65 Å². The molecule has 5 nitrogen and oxygen atoms in total. The van der Waals surface area contributed by atoms with Crippen molar-refractivity contribution in [2.75, 3.05) is 5.73 Å². The molecule has 0 saturated carbocycles. The number of carbonyl (C=O) groups is 1. The highest BCUT2D eigenvalue weighted by atomic mass is 19.4. The molecule has 2 aromatic rings. The van der Waals surface area contributed by atoms with Gasteiger partial charge in [-0.05, 0) is 0 Å². The third-order valence-electron chi connectivity index (χ3n) is 1.97. The van der Waals surface area contributed by atoms with Gasteiger partial charge in [0.15, 0.2) is 17.6 Å². The first-order chi connectivity index (χ1) is 7.43. The molecule has 0 saturated heterocycles. The van der Waals surface area contributed by atoms with Gasteiger partial charge < -0.3 is 5.73 Å². The SMILES string of the molecule is Nc1c(C=O)cnc2cc(C(F)(F)F)nn12. The van der Waals surface area contributed by atoms with E-state index < -0.39 is 11.9 Å². The Labute approximate surface area is 86.7 Å². The Balaban J connectivity index is 2.71. The van der Waals surface area contributed by atoms with Crippen molar-refractivity contribution in [3.05, 3.63) is 23.5 Å². The van der Waals surface area contributed by atoms with E-state index in [1.807, 2.05) is 0 Å². The van der Waals surface area contributed by atoms with Crippen molar-refractivity contribution in [2.45, 2.75) is 6.18 Å². The van der Waals surface area contributed by atoms with E-state index in [1.54, 1.807) is 0 Å². The second-order valence-electron chi connectivity index (χ2n) is 3.01. The zero-order valence-electron chi connectivity index (χ0n) is 7.69. The van der Waals surface area contributed by atoms with Crippen molar-refractivity contribution in [1.82, 2.24) is 14.6 Å². The Morgan fingerprint density at radius 1 is 1.44 bits per heavy atom. The highest BCUT2D eigenvalue weighted by Gasteiger charge is 2.34. The number of hydrogen-bond acceptors (Lipinski definition) is 4. The molecule has 0 fully saturated rings. The topological polar surface area (TPSA) is 73.3 Å². The zero-order valence-corrected chi connectivity index (χ0v) is 7.69. The van der Waals surface area contributed by atoms with Crippen molar-refractivity contribution in [3.63, 3.8) is 0 Å². The fourth-order valence-corrected chi connectivity index (χ4v) is 1.19. The van der Waals surface area contributed by atoms with E-state index in [0.29, 0.717) is 6.29 Å². The van der Waals surface area contributed by atoms with Crippen LogP contribution in [-0.4, -0.2) is 20.9 Å². The summed E-state index contributed by atoms with van der Waals surface area (Å²) in [7, 11) is 0. The van der Waals surface area contributed by atoms with Crippen LogP contribution in [0.15, 0.2) is 12.3 Å². The molecule has 2 heterocycles. The lowest BCUT2D eigenvalue weighted by Gasteiger charge is -2.01. The maximum Gasteiger partial charge on any atom is 0.435 e. The molecule has 0 aliphatic heterocycles. The van der Waals surface area contributed by atoms with Gasteiger partial charge in [0, 0.05) is 12.3 Å². The largest absolute Gasteiger partial charge is 0.435 e. The minimum atomic E-state index is -4.57. The molecule has 0 amide bonds. The molecule has 2 rings (SSSR count). The Kier molecular flexibility index (Phi) is 2.07. The maximum atomic E-state index is 12.3. The quantitative estimate of drug-likeness (QED) is 0.745. The standard InChI is InChI=1S/C8H5F3N4O/c9-8(10,11)5-1-6-13-2-4(3-16)7(12)15(6)14-5/h1-3H,12H2. The number of nitrogens with two attached hydrogens (primary N) is 1. The lowest BCUT2D eigenvalue weighted by atomic mass is 10.3. The number of aldehydes is 1. The Morgan fingerprint density at radius 3 is 2.69 bits per heavy atom. The van der Waals surface area contributed by atoms with Crippen LogP contribution < -0.4 is 5.73 Å². The highest BCUT2D eigenvalue weighted by Crippen LogP contribution is 2.29. The number of anilines is 1. The van der Waals surface area contributed by atoms with Gasteiger partial charge in [-0.3, -0.25) is 4.79 Å². The van der Waals surface area contributed by atoms with E-state index >= 15 is 0 Å². The molecule has 84 valence electrons. The van der Waals surface area contributed by atoms with Crippen LogP contribution in [0.3, 0.4) is 0 Å². The molecule has 2 aromatic heterocycles. The first-order valence-electron chi connectivity index (χ1n) is 4.10. The molecule has 0 atom stereocenters. The lowest BCUT2D eigenvalue weighted by Crippen LogP contribution is -2.08. The van der Waals surface area contributed by atoms with Crippen LogP contribution in [0.4, 0.5) is 19.0 Å². The number of nitrogens with zero attached hydrogens (tertiary/aromatic N) is 3. The van der Waals surface area contributed by atoms with E-state index in [2.05, 4.69) is 10.1 Å². The molecular weight excluding hydrogens is 225 g/mol. The molecule has 0 aromatic carbocycles. The second kappa shape index (κ2) is 3.19. The second-order valence-corrected chi connectivity index (χ2v) is 3.01. The van der Waals surface area contributed by atoms with Gasteiger partial charge in [0.2, 0.25) is 0 Å². The number of rotatable bonds is 1. The number of fused-ring (bicyclic) bond motifs is 1. The van der Waals surface area contributed by atoms with Crippen molar-refractivity contribution in [2.24, 2.45) is 0 Å². The van der Waals surface area contributed by atoms with Crippen LogP contribution >= 0.6 is 0 Å². The average Bonchev–Trinajstić information content (AvgIpc) is 2.62. The van der Waals surface area contributed by atoms with Crippen LogP contribution in [0.2, 0.25) is 0 Å². The molecule has 0 radical (unpaired) electrons. The highest BCUT2D eigenvalue weighted by molar-refractivity contribution is 5.81. The summed E-state index contributed by atoms with van der Waals surface area (Å²) in [5, 5.41) is 3.24.